The smallest absolute Gasteiger partial charge is 0.345 e. The lowest BCUT2D eigenvalue weighted by Gasteiger charge is -2.23. The third kappa shape index (κ3) is 4.11. The van der Waals surface area contributed by atoms with E-state index in [0.29, 0.717) is 6.61 Å². The van der Waals surface area contributed by atoms with E-state index in [2.05, 4.69) is 0 Å². The van der Waals surface area contributed by atoms with Gasteiger partial charge in [-0.25, -0.2) is 9.59 Å². The Labute approximate surface area is 132 Å². The third-order valence-electron chi connectivity index (χ3n) is 5.03. The summed E-state index contributed by atoms with van der Waals surface area (Å²) in [6.07, 6.45) is 10.3. The predicted molar refractivity (Wildman–Crippen MR) is 84.4 cm³/mol. The van der Waals surface area contributed by atoms with Crippen molar-refractivity contribution in [2.45, 2.75) is 71.1 Å². The van der Waals surface area contributed by atoms with E-state index in [1.54, 1.807) is 0 Å². The summed E-state index contributed by atoms with van der Waals surface area (Å²) in [5.41, 5.74) is 0.860. The lowest BCUT2D eigenvalue weighted by Crippen LogP contribution is -2.23. The summed E-state index contributed by atoms with van der Waals surface area (Å²) in [5.74, 6) is -1.18. The molecule has 0 radical (unpaired) electrons. The van der Waals surface area contributed by atoms with Gasteiger partial charge in [-0.1, -0.05) is 39.0 Å². The number of carbonyl (C=O) groups is 2. The van der Waals surface area contributed by atoms with Gasteiger partial charge in [-0.05, 0) is 49.5 Å². The largest absolute Gasteiger partial charge is 0.477 e. The van der Waals surface area contributed by atoms with E-state index in [4.69, 9.17) is 4.74 Å². The number of aliphatic carboxylic acids is 1. The van der Waals surface area contributed by atoms with Crippen molar-refractivity contribution in [1.82, 2.24) is 0 Å². The van der Waals surface area contributed by atoms with Gasteiger partial charge in [-0.2, -0.15) is 0 Å². The Balaban J connectivity index is 2.27. The van der Waals surface area contributed by atoms with E-state index in [1.165, 1.54) is 0 Å². The van der Waals surface area contributed by atoms with Gasteiger partial charge >= 0.3 is 11.9 Å². The van der Waals surface area contributed by atoms with Crippen LogP contribution in [0, 0.1) is 11.8 Å². The third-order valence-corrected chi connectivity index (χ3v) is 5.03. The van der Waals surface area contributed by atoms with Gasteiger partial charge in [-0.3, -0.25) is 0 Å². The fourth-order valence-corrected chi connectivity index (χ4v) is 3.93. The van der Waals surface area contributed by atoms with E-state index >= 15 is 0 Å². The molecule has 0 saturated heterocycles. The maximum atomic E-state index is 12.4. The standard InChI is InChI=1S/C18H28O4/c1-2-3-12-22-18(21)16(17(19)20)15(13-8-4-5-9-13)14-10-6-7-11-14/h13-14H,2-12H2,1H3,(H,19,20). The van der Waals surface area contributed by atoms with Crippen molar-refractivity contribution >= 4 is 11.9 Å². The van der Waals surface area contributed by atoms with Crippen molar-refractivity contribution in [3.63, 3.8) is 0 Å². The number of rotatable bonds is 7. The SMILES string of the molecule is CCCCOC(=O)C(C(=O)O)=C(C1CCCC1)C1CCCC1. The highest BCUT2D eigenvalue weighted by molar-refractivity contribution is 6.14. The molecule has 0 aromatic carbocycles. The first kappa shape index (κ1) is 17.0. The molecule has 0 atom stereocenters. The highest BCUT2D eigenvalue weighted by Gasteiger charge is 2.35. The minimum Gasteiger partial charge on any atom is -0.477 e. The van der Waals surface area contributed by atoms with Crippen LogP contribution >= 0.6 is 0 Å². The van der Waals surface area contributed by atoms with Gasteiger partial charge in [0.05, 0.1) is 6.61 Å². The van der Waals surface area contributed by atoms with Gasteiger partial charge < -0.3 is 9.84 Å². The highest BCUT2D eigenvalue weighted by atomic mass is 16.5. The number of carboxylic acid groups (broad SMARTS) is 1. The minimum atomic E-state index is -1.10. The second-order valence-corrected chi connectivity index (χ2v) is 6.59. The van der Waals surface area contributed by atoms with Gasteiger partial charge in [-0.15, -0.1) is 0 Å². The van der Waals surface area contributed by atoms with Gasteiger partial charge in [0.15, 0.2) is 0 Å². The van der Waals surface area contributed by atoms with Crippen LogP contribution in [-0.4, -0.2) is 23.7 Å². The molecule has 0 aliphatic heterocycles. The van der Waals surface area contributed by atoms with Crippen LogP contribution in [0.2, 0.25) is 0 Å². The van der Waals surface area contributed by atoms with Crippen molar-refractivity contribution < 1.29 is 19.4 Å². The number of unbranched alkanes of at least 4 members (excludes halogenated alkanes) is 1. The van der Waals surface area contributed by atoms with Gasteiger partial charge in [0.1, 0.15) is 5.57 Å². The van der Waals surface area contributed by atoms with Crippen molar-refractivity contribution in [3.05, 3.63) is 11.1 Å². The maximum absolute atomic E-state index is 12.4. The molecule has 0 bridgehead atoms. The molecule has 2 fully saturated rings. The Bertz CT molecular complexity index is 408. The summed E-state index contributed by atoms with van der Waals surface area (Å²) < 4.78 is 5.23. The average Bonchev–Trinajstić information content (AvgIpc) is 3.17. The molecule has 2 aliphatic carbocycles. The normalized spacial score (nSPS) is 19.3. The van der Waals surface area contributed by atoms with Crippen LogP contribution in [0.5, 0.6) is 0 Å². The fraction of sp³-hybridized carbons (Fsp3) is 0.778. The van der Waals surface area contributed by atoms with Crippen molar-refractivity contribution in [2.24, 2.45) is 11.8 Å². The van der Waals surface area contributed by atoms with E-state index < -0.39 is 11.9 Å². The minimum absolute atomic E-state index is 0.0464. The lowest BCUT2D eigenvalue weighted by atomic mass is 9.82. The summed E-state index contributed by atoms with van der Waals surface area (Å²) in [7, 11) is 0. The number of carbonyl (C=O) groups excluding carboxylic acids is 1. The number of ether oxygens (including phenoxy) is 1. The summed E-state index contributed by atoms with van der Waals surface area (Å²) in [5, 5.41) is 9.63. The van der Waals surface area contributed by atoms with E-state index in [0.717, 1.165) is 69.8 Å². The predicted octanol–water partition coefficient (Wildman–Crippen LogP) is 4.09. The van der Waals surface area contributed by atoms with Crippen molar-refractivity contribution in [3.8, 4) is 0 Å². The van der Waals surface area contributed by atoms with Crippen LogP contribution in [0.15, 0.2) is 11.1 Å². The van der Waals surface area contributed by atoms with Crippen LogP contribution in [-0.2, 0) is 14.3 Å². The molecule has 2 aliphatic rings. The molecule has 22 heavy (non-hydrogen) atoms. The molecule has 0 aromatic rings. The molecular weight excluding hydrogens is 280 g/mol. The number of allylic oxidation sites excluding steroid dienone is 1. The van der Waals surface area contributed by atoms with Crippen molar-refractivity contribution in [1.29, 1.82) is 0 Å². The fourth-order valence-electron chi connectivity index (χ4n) is 3.93. The Kier molecular flexibility index (Phi) is 6.47. The number of esters is 1. The summed E-state index contributed by atoms with van der Waals surface area (Å²) in [4.78, 5) is 24.1. The second kappa shape index (κ2) is 8.35. The molecule has 0 amide bonds. The first-order chi connectivity index (χ1) is 10.6. The number of carboxylic acids is 1. The molecule has 0 heterocycles. The molecule has 0 unspecified atom stereocenters. The maximum Gasteiger partial charge on any atom is 0.345 e. The van der Waals surface area contributed by atoms with Crippen LogP contribution in [0.1, 0.15) is 71.1 Å². The van der Waals surface area contributed by atoms with Gasteiger partial charge in [0.25, 0.3) is 0 Å². The Morgan fingerprint density at radius 1 is 1.00 bits per heavy atom. The molecule has 0 spiro atoms. The van der Waals surface area contributed by atoms with Crippen LogP contribution < -0.4 is 0 Å². The quantitative estimate of drug-likeness (QED) is 0.253. The molecule has 1 N–H and O–H groups in total. The van der Waals surface area contributed by atoms with E-state index in [1.807, 2.05) is 6.92 Å². The van der Waals surface area contributed by atoms with Crippen molar-refractivity contribution in [2.75, 3.05) is 6.61 Å². The molecule has 2 rings (SSSR count). The van der Waals surface area contributed by atoms with E-state index in [-0.39, 0.29) is 17.4 Å². The molecule has 4 heteroatoms. The van der Waals surface area contributed by atoms with Crippen LogP contribution in [0.3, 0.4) is 0 Å². The molecule has 4 nitrogen and oxygen atoms in total. The van der Waals surface area contributed by atoms with E-state index in [9.17, 15) is 14.7 Å². The Morgan fingerprint density at radius 3 is 1.91 bits per heavy atom. The van der Waals surface area contributed by atoms with Gasteiger partial charge in [0, 0.05) is 0 Å². The first-order valence-electron chi connectivity index (χ1n) is 8.79. The summed E-state index contributed by atoms with van der Waals surface area (Å²) in [6, 6.07) is 0. The second-order valence-electron chi connectivity index (χ2n) is 6.59. The molecule has 0 aromatic heterocycles. The van der Waals surface area contributed by atoms with Gasteiger partial charge in [0.2, 0.25) is 0 Å². The zero-order chi connectivity index (χ0) is 15.9. The average molecular weight is 308 g/mol. The summed E-state index contributed by atoms with van der Waals surface area (Å²) in [6.45, 7) is 2.33. The monoisotopic (exact) mass is 308 g/mol. The van der Waals surface area contributed by atoms with Crippen LogP contribution in [0.25, 0.3) is 0 Å². The van der Waals surface area contributed by atoms with Crippen LogP contribution in [0.4, 0.5) is 0 Å². The number of hydrogen-bond donors (Lipinski definition) is 1. The number of hydrogen-bond acceptors (Lipinski definition) is 3. The zero-order valence-corrected chi connectivity index (χ0v) is 13.6. The highest BCUT2D eigenvalue weighted by Crippen LogP contribution is 2.43. The molecule has 2 saturated carbocycles. The zero-order valence-electron chi connectivity index (χ0n) is 13.6. The molecule has 124 valence electrons. The lowest BCUT2D eigenvalue weighted by molar-refractivity contribution is -0.144. The Morgan fingerprint density at radius 2 is 1.50 bits per heavy atom. The Hall–Kier alpha value is -1.32. The summed E-state index contributed by atoms with van der Waals surface area (Å²) >= 11 is 0. The first-order valence-corrected chi connectivity index (χ1v) is 8.79. The molecular formula is C18H28O4. The topological polar surface area (TPSA) is 63.6 Å².